The Bertz CT molecular complexity index is 467. The molecular weight excluding hydrogens is 253 g/mol. The van der Waals surface area contributed by atoms with E-state index in [-0.39, 0.29) is 16.4 Å². The molecule has 4 heteroatoms. The molecule has 1 rings (SSSR count). The van der Waals surface area contributed by atoms with Gasteiger partial charge in [0.2, 0.25) is 0 Å². The summed E-state index contributed by atoms with van der Waals surface area (Å²) in [6.07, 6.45) is 2.96. The van der Waals surface area contributed by atoms with Crippen molar-refractivity contribution < 1.29 is 9.18 Å². The Morgan fingerprint density at radius 1 is 1.50 bits per heavy atom. The number of carbonyl (C=O) groups is 1. The highest BCUT2D eigenvalue weighted by molar-refractivity contribution is 6.30. The fourth-order valence-corrected chi connectivity index (χ4v) is 1.93. The van der Waals surface area contributed by atoms with E-state index in [0.717, 1.165) is 19.3 Å². The minimum Gasteiger partial charge on any atom is -0.298 e. The number of hydrogen-bond donors (Lipinski definition) is 0. The zero-order chi connectivity index (χ0) is 13.5. The van der Waals surface area contributed by atoms with Gasteiger partial charge in [-0.1, -0.05) is 43.5 Å². The van der Waals surface area contributed by atoms with Gasteiger partial charge in [0.25, 0.3) is 0 Å². The molecule has 0 saturated heterocycles. The van der Waals surface area contributed by atoms with Crippen molar-refractivity contribution in [2.75, 3.05) is 0 Å². The van der Waals surface area contributed by atoms with Crippen molar-refractivity contribution >= 4 is 17.4 Å². The molecule has 0 aromatic heterocycles. The third kappa shape index (κ3) is 3.54. The molecule has 0 heterocycles. The number of halogens is 2. The van der Waals surface area contributed by atoms with Crippen molar-refractivity contribution in [3.05, 3.63) is 34.6 Å². The maximum absolute atomic E-state index is 13.8. The Morgan fingerprint density at radius 3 is 2.83 bits per heavy atom. The van der Waals surface area contributed by atoms with Crippen LogP contribution in [0.25, 0.3) is 0 Å². The van der Waals surface area contributed by atoms with Crippen LogP contribution in [0.4, 0.5) is 4.39 Å². The van der Waals surface area contributed by atoms with Crippen LogP contribution < -0.4 is 0 Å². The van der Waals surface area contributed by atoms with Gasteiger partial charge in [-0.3, -0.25) is 4.79 Å². The molecular formula is C14H15ClFNO. The third-order valence-electron chi connectivity index (χ3n) is 2.77. The van der Waals surface area contributed by atoms with Gasteiger partial charge in [-0.15, -0.1) is 0 Å². The van der Waals surface area contributed by atoms with Gasteiger partial charge in [-0.25, -0.2) is 4.39 Å². The highest BCUT2D eigenvalue weighted by Crippen LogP contribution is 2.26. The first kappa shape index (κ1) is 14.7. The fourth-order valence-electron chi connectivity index (χ4n) is 1.75. The van der Waals surface area contributed by atoms with E-state index in [0.29, 0.717) is 6.42 Å². The molecule has 0 fully saturated rings. The van der Waals surface area contributed by atoms with Crippen molar-refractivity contribution in [3.8, 4) is 6.07 Å². The summed E-state index contributed by atoms with van der Waals surface area (Å²) < 4.78 is 13.8. The maximum Gasteiger partial charge on any atom is 0.154 e. The van der Waals surface area contributed by atoms with Gasteiger partial charge in [0.05, 0.1) is 11.1 Å². The number of hydrogen-bond acceptors (Lipinski definition) is 2. The number of nitriles is 1. The highest BCUT2D eigenvalue weighted by atomic mass is 35.5. The van der Waals surface area contributed by atoms with E-state index in [4.69, 9.17) is 16.9 Å². The molecule has 1 aromatic carbocycles. The second-order valence-corrected chi connectivity index (χ2v) is 4.54. The number of Topliss-reactive ketones (excluding diaryl/α,β-unsaturated/α-hetero) is 1. The van der Waals surface area contributed by atoms with Crippen molar-refractivity contribution in [2.45, 2.75) is 38.5 Å². The van der Waals surface area contributed by atoms with Crippen molar-refractivity contribution in [1.29, 1.82) is 5.26 Å². The molecule has 1 atom stereocenters. The average molecular weight is 268 g/mol. The molecule has 0 bridgehead atoms. The Hall–Kier alpha value is -1.40. The number of carbonyl (C=O) groups excluding carboxylic acids is 1. The molecule has 0 spiro atoms. The number of nitrogens with zero attached hydrogens (tertiary/aromatic N) is 1. The number of rotatable bonds is 6. The van der Waals surface area contributed by atoms with Crippen LogP contribution in [0.3, 0.4) is 0 Å². The summed E-state index contributed by atoms with van der Waals surface area (Å²) in [7, 11) is 0. The predicted molar refractivity (Wildman–Crippen MR) is 68.9 cm³/mol. The van der Waals surface area contributed by atoms with E-state index < -0.39 is 11.7 Å². The zero-order valence-electron chi connectivity index (χ0n) is 10.2. The van der Waals surface area contributed by atoms with Crippen molar-refractivity contribution in [2.24, 2.45) is 0 Å². The van der Waals surface area contributed by atoms with Gasteiger partial charge in [-0.05, 0) is 12.5 Å². The summed E-state index contributed by atoms with van der Waals surface area (Å²) in [5, 5.41) is 8.98. The van der Waals surface area contributed by atoms with E-state index in [2.05, 4.69) is 0 Å². The smallest absolute Gasteiger partial charge is 0.154 e. The van der Waals surface area contributed by atoms with Crippen molar-refractivity contribution in [1.82, 2.24) is 0 Å². The van der Waals surface area contributed by atoms with E-state index >= 15 is 0 Å². The molecule has 96 valence electrons. The summed E-state index contributed by atoms with van der Waals surface area (Å²) in [5.74, 6) is -1.97. The summed E-state index contributed by atoms with van der Waals surface area (Å²) in [4.78, 5) is 11.9. The van der Waals surface area contributed by atoms with E-state index in [9.17, 15) is 9.18 Å². The first-order valence-corrected chi connectivity index (χ1v) is 6.35. The highest BCUT2D eigenvalue weighted by Gasteiger charge is 2.23. The van der Waals surface area contributed by atoms with Crippen molar-refractivity contribution in [3.63, 3.8) is 0 Å². The molecule has 18 heavy (non-hydrogen) atoms. The second-order valence-electron chi connectivity index (χ2n) is 4.13. The van der Waals surface area contributed by atoms with E-state index in [1.165, 1.54) is 12.1 Å². The molecule has 0 aliphatic heterocycles. The van der Waals surface area contributed by atoms with Crippen LogP contribution in [-0.2, 0) is 4.79 Å². The van der Waals surface area contributed by atoms with Crippen LogP contribution in [-0.4, -0.2) is 5.78 Å². The average Bonchev–Trinajstić information content (AvgIpc) is 2.36. The summed E-state index contributed by atoms with van der Waals surface area (Å²) in [6.45, 7) is 2.03. The van der Waals surface area contributed by atoms with Crippen LogP contribution >= 0.6 is 11.6 Å². The Labute approximate surface area is 111 Å². The summed E-state index contributed by atoms with van der Waals surface area (Å²) >= 11 is 5.65. The lowest BCUT2D eigenvalue weighted by atomic mass is 9.92. The normalized spacial score (nSPS) is 11.9. The first-order chi connectivity index (χ1) is 8.61. The number of unbranched alkanes of at least 4 members (excludes halogenated alkanes) is 2. The lowest BCUT2D eigenvalue weighted by molar-refractivity contribution is -0.119. The molecule has 1 unspecified atom stereocenters. The van der Waals surface area contributed by atoms with Gasteiger partial charge in [0, 0.05) is 12.0 Å². The molecule has 0 aliphatic rings. The summed E-state index contributed by atoms with van der Waals surface area (Å²) in [6, 6.07) is 6.25. The third-order valence-corrected chi connectivity index (χ3v) is 3.06. The molecule has 0 amide bonds. The Balaban J connectivity index is 2.87. The van der Waals surface area contributed by atoms with Gasteiger partial charge in [0.1, 0.15) is 11.7 Å². The van der Waals surface area contributed by atoms with Gasteiger partial charge in [0.15, 0.2) is 5.78 Å². The predicted octanol–water partition coefficient (Wildman–Crippen LogP) is 4.24. The van der Waals surface area contributed by atoms with Gasteiger partial charge < -0.3 is 0 Å². The minimum atomic E-state index is -1.06. The Kier molecular flexibility index (Phi) is 5.80. The van der Waals surface area contributed by atoms with Gasteiger partial charge >= 0.3 is 0 Å². The fraction of sp³-hybridized carbons (Fsp3) is 0.429. The molecule has 0 saturated carbocycles. The van der Waals surface area contributed by atoms with Crippen LogP contribution in [0.2, 0.25) is 5.02 Å². The SMILES string of the molecule is CCCCCC(=O)C(C#N)c1cccc(Cl)c1F. The summed E-state index contributed by atoms with van der Waals surface area (Å²) in [5.41, 5.74) is 0.0755. The monoisotopic (exact) mass is 267 g/mol. The van der Waals surface area contributed by atoms with Gasteiger partial charge in [-0.2, -0.15) is 5.26 Å². The molecule has 0 radical (unpaired) electrons. The quantitative estimate of drug-likeness (QED) is 0.724. The van der Waals surface area contributed by atoms with E-state index in [1.54, 1.807) is 6.07 Å². The van der Waals surface area contributed by atoms with Crippen LogP contribution in [0.5, 0.6) is 0 Å². The number of ketones is 1. The first-order valence-electron chi connectivity index (χ1n) is 5.98. The van der Waals surface area contributed by atoms with Crippen LogP contribution in [0.1, 0.15) is 44.1 Å². The molecule has 1 aromatic rings. The molecule has 0 N–H and O–H groups in total. The Morgan fingerprint density at radius 2 is 2.22 bits per heavy atom. The second kappa shape index (κ2) is 7.13. The lowest BCUT2D eigenvalue weighted by Gasteiger charge is -2.10. The van der Waals surface area contributed by atoms with Crippen LogP contribution in [0.15, 0.2) is 18.2 Å². The molecule has 0 aliphatic carbocycles. The zero-order valence-corrected chi connectivity index (χ0v) is 11.0. The van der Waals surface area contributed by atoms with E-state index in [1.807, 2.05) is 13.0 Å². The standard InChI is InChI=1S/C14H15ClFNO/c1-2-3-4-8-13(18)11(9-17)10-6-5-7-12(15)14(10)16/h5-7,11H,2-4,8H2,1H3. The molecule has 2 nitrogen and oxygen atoms in total. The lowest BCUT2D eigenvalue weighted by Crippen LogP contribution is -2.12. The van der Waals surface area contributed by atoms with Crippen LogP contribution in [0, 0.1) is 17.1 Å². The minimum absolute atomic E-state index is 0.0610. The number of benzene rings is 1. The topological polar surface area (TPSA) is 40.9 Å². The largest absolute Gasteiger partial charge is 0.298 e. The maximum atomic E-state index is 13.8.